The van der Waals surface area contributed by atoms with Crippen molar-refractivity contribution in [2.24, 2.45) is 5.92 Å². The van der Waals surface area contributed by atoms with Gasteiger partial charge in [-0.25, -0.2) is 0 Å². The van der Waals surface area contributed by atoms with Gasteiger partial charge in [-0.1, -0.05) is 84.5 Å². The van der Waals surface area contributed by atoms with Crippen LogP contribution in [0.4, 0.5) is 0 Å². The normalized spacial score (nSPS) is 24.6. The van der Waals surface area contributed by atoms with Gasteiger partial charge in [-0.15, -0.1) is 0 Å². The molecule has 0 unspecified atom stereocenters. The Labute approximate surface area is 177 Å². The molecule has 2 rings (SSSR count). The molecule has 0 radical (unpaired) electrons. The summed E-state index contributed by atoms with van der Waals surface area (Å²) in [6, 6.07) is 0.861. The van der Waals surface area contributed by atoms with Crippen LogP contribution in [0.3, 0.4) is 0 Å². The molecule has 1 saturated carbocycles. The summed E-state index contributed by atoms with van der Waals surface area (Å²) in [6.45, 7) is 8.35. The Morgan fingerprint density at radius 3 is 1.86 bits per heavy atom. The van der Waals surface area contributed by atoms with Crippen LogP contribution in [0.1, 0.15) is 129 Å². The number of hydrogen-bond donors (Lipinski definition) is 0. The smallest absolute Gasteiger partial charge is 0.0576 e. The van der Waals surface area contributed by atoms with Gasteiger partial charge in [0.2, 0.25) is 0 Å². The number of piperidine rings is 1. The molecule has 2 heteroatoms. The van der Waals surface area contributed by atoms with Crippen molar-refractivity contribution >= 4 is 0 Å². The molecule has 1 aliphatic heterocycles. The zero-order valence-corrected chi connectivity index (χ0v) is 19.4. The summed E-state index contributed by atoms with van der Waals surface area (Å²) in [6.07, 6.45) is 25.7. The SMILES string of the molecule is CCCCCCCCCCO[C@H]1CC[C@H](N2CCC(CCCCC)CC2)CC1. The van der Waals surface area contributed by atoms with Crippen molar-refractivity contribution in [3.63, 3.8) is 0 Å². The van der Waals surface area contributed by atoms with E-state index in [9.17, 15) is 0 Å². The lowest BCUT2D eigenvalue weighted by atomic mass is 9.87. The highest BCUT2D eigenvalue weighted by molar-refractivity contribution is 4.83. The average molecular weight is 394 g/mol. The lowest BCUT2D eigenvalue weighted by Crippen LogP contribution is -2.44. The molecule has 0 amide bonds. The third-order valence-corrected chi connectivity index (χ3v) is 7.38. The highest BCUT2D eigenvalue weighted by Gasteiger charge is 2.29. The molecule has 0 atom stereocenters. The maximum absolute atomic E-state index is 6.22. The minimum atomic E-state index is 0.562. The van der Waals surface area contributed by atoms with Crippen LogP contribution in [0.15, 0.2) is 0 Å². The summed E-state index contributed by atoms with van der Waals surface area (Å²) >= 11 is 0. The van der Waals surface area contributed by atoms with Gasteiger partial charge in [0.1, 0.15) is 0 Å². The fraction of sp³-hybridized carbons (Fsp3) is 1.00. The van der Waals surface area contributed by atoms with E-state index in [0.717, 1.165) is 18.6 Å². The Hall–Kier alpha value is -0.0800. The Morgan fingerprint density at radius 1 is 0.643 bits per heavy atom. The second-order valence-corrected chi connectivity index (χ2v) is 9.75. The van der Waals surface area contributed by atoms with Crippen LogP contribution in [0.5, 0.6) is 0 Å². The van der Waals surface area contributed by atoms with Gasteiger partial charge in [-0.05, 0) is 64.0 Å². The maximum atomic E-state index is 6.22. The summed E-state index contributed by atoms with van der Waals surface area (Å²) in [7, 11) is 0. The number of ether oxygens (including phenoxy) is 1. The van der Waals surface area contributed by atoms with E-state index in [2.05, 4.69) is 18.7 Å². The zero-order chi connectivity index (χ0) is 19.9. The van der Waals surface area contributed by atoms with Crippen molar-refractivity contribution in [2.45, 2.75) is 142 Å². The third kappa shape index (κ3) is 10.1. The minimum absolute atomic E-state index is 0.562. The Balaban J connectivity index is 1.44. The van der Waals surface area contributed by atoms with Gasteiger partial charge in [-0.2, -0.15) is 0 Å². The van der Waals surface area contributed by atoms with Crippen molar-refractivity contribution < 1.29 is 4.74 Å². The standard InChI is InChI=1S/C26H51NO/c1-3-5-7-8-9-10-11-13-23-28-26-17-15-25(16-18-26)27-21-19-24(20-22-27)14-12-6-4-2/h24-26H,3-23H2,1-2H3/t25-,26-. The first kappa shape index (κ1) is 24.2. The van der Waals surface area contributed by atoms with Gasteiger partial charge in [-0.3, -0.25) is 0 Å². The Kier molecular flexibility index (Phi) is 13.6. The van der Waals surface area contributed by atoms with Crippen LogP contribution in [0.2, 0.25) is 0 Å². The molecule has 0 aromatic heterocycles. The number of likely N-dealkylation sites (tertiary alicyclic amines) is 1. The molecule has 1 heterocycles. The summed E-state index contributed by atoms with van der Waals surface area (Å²) in [5.41, 5.74) is 0. The van der Waals surface area contributed by atoms with E-state index in [4.69, 9.17) is 4.74 Å². The maximum Gasteiger partial charge on any atom is 0.0576 e. The van der Waals surface area contributed by atoms with Gasteiger partial charge < -0.3 is 9.64 Å². The number of hydrogen-bond acceptors (Lipinski definition) is 2. The molecule has 0 aromatic rings. The van der Waals surface area contributed by atoms with Crippen molar-refractivity contribution in [1.29, 1.82) is 0 Å². The number of unbranched alkanes of at least 4 members (excludes halogenated alkanes) is 9. The van der Waals surface area contributed by atoms with Gasteiger partial charge in [0, 0.05) is 12.6 Å². The van der Waals surface area contributed by atoms with Crippen molar-refractivity contribution in [2.75, 3.05) is 19.7 Å². The molecule has 0 bridgehead atoms. The predicted octanol–water partition coefficient (Wildman–Crippen LogP) is 7.75. The lowest BCUT2D eigenvalue weighted by Gasteiger charge is -2.41. The fourth-order valence-corrected chi connectivity index (χ4v) is 5.35. The lowest BCUT2D eigenvalue weighted by molar-refractivity contribution is 0.000119. The highest BCUT2D eigenvalue weighted by Crippen LogP contribution is 2.30. The van der Waals surface area contributed by atoms with E-state index in [1.54, 1.807) is 0 Å². The molecule has 0 spiro atoms. The van der Waals surface area contributed by atoms with E-state index < -0.39 is 0 Å². The Bertz CT molecular complexity index is 342. The van der Waals surface area contributed by atoms with Gasteiger partial charge in [0.25, 0.3) is 0 Å². The molecule has 1 aliphatic carbocycles. The second-order valence-electron chi connectivity index (χ2n) is 9.75. The first-order chi connectivity index (χ1) is 13.8. The monoisotopic (exact) mass is 393 g/mol. The second kappa shape index (κ2) is 15.7. The first-order valence-corrected chi connectivity index (χ1v) is 13.2. The number of rotatable bonds is 15. The van der Waals surface area contributed by atoms with E-state index in [1.807, 2.05) is 0 Å². The predicted molar refractivity (Wildman–Crippen MR) is 123 cm³/mol. The molecular weight excluding hydrogens is 342 g/mol. The first-order valence-electron chi connectivity index (χ1n) is 13.2. The molecule has 0 N–H and O–H groups in total. The topological polar surface area (TPSA) is 12.5 Å². The van der Waals surface area contributed by atoms with Crippen LogP contribution in [-0.2, 0) is 4.74 Å². The van der Waals surface area contributed by atoms with E-state index >= 15 is 0 Å². The van der Waals surface area contributed by atoms with Crippen molar-refractivity contribution in [3.8, 4) is 0 Å². The van der Waals surface area contributed by atoms with E-state index in [0.29, 0.717) is 6.10 Å². The highest BCUT2D eigenvalue weighted by atomic mass is 16.5. The van der Waals surface area contributed by atoms with E-state index in [-0.39, 0.29) is 0 Å². The summed E-state index contributed by atoms with van der Waals surface area (Å²) in [5.74, 6) is 1.02. The quantitative estimate of drug-likeness (QED) is 0.264. The van der Waals surface area contributed by atoms with E-state index in [1.165, 1.54) is 129 Å². The minimum Gasteiger partial charge on any atom is -0.378 e. The van der Waals surface area contributed by atoms with Crippen LogP contribution in [0, 0.1) is 5.92 Å². The summed E-state index contributed by atoms with van der Waals surface area (Å²) < 4.78 is 6.22. The van der Waals surface area contributed by atoms with Crippen molar-refractivity contribution in [3.05, 3.63) is 0 Å². The molecule has 28 heavy (non-hydrogen) atoms. The zero-order valence-electron chi connectivity index (χ0n) is 19.4. The Morgan fingerprint density at radius 2 is 1.21 bits per heavy atom. The molecule has 166 valence electrons. The molecule has 1 saturated heterocycles. The third-order valence-electron chi connectivity index (χ3n) is 7.38. The van der Waals surface area contributed by atoms with Crippen LogP contribution < -0.4 is 0 Å². The molecular formula is C26H51NO. The molecule has 2 fully saturated rings. The summed E-state index contributed by atoms with van der Waals surface area (Å²) in [5, 5.41) is 0. The molecule has 2 aliphatic rings. The van der Waals surface area contributed by atoms with Gasteiger partial charge in [0.05, 0.1) is 6.10 Å². The summed E-state index contributed by atoms with van der Waals surface area (Å²) in [4.78, 5) is 2.82. The van der Waals surface area contributed by atoms with Gasteiger partial charge in [0.15, 0.2) is 0 Å². The fourth-order valence-electron chi connectivity index (χ4n) is 5.35. The largest absolute Gasteiger partial charge is 0.378 e. The van der Waals surface area contributed by atoms with Crippen molar-refractivity contribution in [1.82, 2.24) is 4.90 Å². The van der Waals surface area contributed by atoms with Crippen LogP contribution >= 0.6 is 0 Å². The molecule has 2 nitrogen and oxygen atoms in total. The molecule has 0 aromatic carbocycles. The van der Waals surface area contributed by atoms with Crippen LogP contribution in [0.25, 0.3) is 0 Å². The van der Waals surface area contributed by atoms with Gasteiger partial charge >= 0.3 is 0 Å². The average Bonchev–Trinajstić information content (AvgIpc) is 2.74. The van der Waals surface area contributed by atoms with Crippen LogP contribution in [-0.4, -0.2) is 36.7 Å². The number of nitrogens with zero attached hydrogens (tertiary/aromatic N) is 1.